The molecule has 34 heavy (non-hydrogen) atoms. The Hall–Kier alpha value is -4.40. The lowest BCUT2D eigenvalue weighted by molar-refractivity contribution is 0.102. The van der Waals surface area contributed by atoms with Crippen molar-refractivity contribution < 1.29 is 23.4 Å². The van der Waals surface area contributed by atoms with Crippen molar-refractivity contribution in [1.82, 2.24) is 14.8 Å². The molecule has 0 saturated carbocycles. The van der Waals surface area contributed by atoms with Gasteiger partial charge < -0.3 is 19.5 Å². The number of anilines is 1. The quantitative estimate of drug-likeness (QED) is 0.443. The van der Waals surface area contributed by atoms with E-state index in [9.17, 15) is 9.18 Å². The highest BCUT2D eigenvalue weighted by Crippen LogP contribution is 2.32. The second-order valence-electron chi connectivity index (χ2n) is 7.87. The van der Waals surface area contributed by atoms with Crippen LogP contribution in [0.5, 0.6) is 17.5 Å². The van der Waals surface area contributed by atoms with Crippen molar-refractivity contribution in [2.24, 2.45) is 0 Å². The van der Waals surface area contributed by atoms with Gasteiger partial charge in [0.15, 0.2) is 17.3 Å². The Kier molecular flexibility index (Phi) is 5.59. The molecule has 1 aliphatic heterocycles. The first-order valence-corrected chi connectivity index (χ1v) is 10.7. The minimum atomic E-state index is -0.337. The fraction of sp³-hybridized carbons (Fsp3) is 0.160. The van der Waals surface area contributed by atoms with E-state index in [1.807, 2.05) is 13.8 Å². The summed E-state index contributed by atoms with van der Waals surface area (Å²) in [5.41, 5.74) is 2.45. The number of hydrogen-bond acceptors (Lipinski definition) is 6. The zero-order chi connectivity index (χ0) is 23.7. The average molecular weight is 460 g/mol. The van der Waals surface area contributed by atoms with Gasteiger partial charge in [-0.25, -0.2) is 9.07 Å². The Bertz CT molecular complexity index is 1330. The van der Waals surface area contributed by atoms with Gasteiger partial charge in [-0.1, -0.05) is 0 Å². The van der Waals surface area contributed by atoms with E-state index in [0.717, 1.165) is 0 Å². The minimum Gasteiger partial charge on any atom is -0.460 e. The molecule has 4 aromatic rings. The summed E-state index contributed by atoms with van der Waals surface area (Å²) in [5, 5.41) is 7.33. The maximum Gasteiger partial charge on any atom is 0.336 e. The first kappa shape index (κ1) is 21.4. The molecular weight excluding hydrogens is 439 g/mol. The second-order valence-corrected chi connectivity index (χ2v) is 7.87. The molecule has 5 rings (SSSR count). The zero-order valence-corrected chi connectivity index (χ0v) is 18.5. The molecule has 0 fully saturated rings. The number of hydrogen-bond donors (Lipinski definition) is 1. The van der Waals surface area contributed by atoms with Crippen LogP contribution in [-0.2, 0) is 0 Å². The van der Waals surface area contributed by atoms with E-state index in [2.05, 4.69) is 15.4 Å². The Labute approximate surface area is 194 Å². The number of carbonyl (C=O) groups excluding carboxylic acids is 1. The molecule has 0 spiro atoms. The zero-order valence-electron chi connectivity index (χ0n) is 18.5. The van der Waals surface area contributed by atoms with Crippen LogP contribution in [-0.4, -0.2) is 33.6 Å². The Morgan fingerprint density at radius 1 is 1.03 bits per heavy atom. The number of halogens is 1. The van der Waals surface area contributed by atoms with E-state index in [1.165, 1.54) is 12.1 Å². The lowest BCUT2D eigenvalue weighted by Crippen LogP contribution is -2.12. The first-order chi connectivity index (χ1) is 16.5. The van der Waals surface area contributed by atoms with Crippen LogP contribution in [0.4, 0.5) is 10.1 Å². The van der Waals surface area contributed by atoms with Gasteiger partial charge >= 0.3 is 6.01 Å². The predicted octanol–water partition coefficient (Wildman–Crippen LogP) is 4.84. The van der Waals surface area contributed by atoms with Crippen LogP contribution in [0.25, 0.3) is 17.1 Å². The van der Waals surface area contributed by atoms with Crippen molar-refractivity contribution >= 4 is 11.6 Å². The molecule has 9 heteroatoms. The normalized spacial score (nSPS) is 12.1. The van der Waals surface area contributed by atoms with Crippen LogP contribution in [0, 0.1) is 5.82 Å². The number of nitrogens with zero attached hydrogens (tertiary/aromatic N) is 3. The minimum absolute atomic E-state index is 0.106. The monoisotopic (exact) mass is 460 g/mol. The standard InChI is InChI=1S/C25H21FN4O4/c1-15(2)34-25-28-23(16-3-6-18(26)7-4-16)30(29-25)20-10-8-19(9-11-20)27-24(31)17-5-12-21-22(13-17)33-14-32-21/h3-13,15H,14H2,1-2H3,(H,27,31). The fourth-order valence-corrected chi connectivity index (χ4v) is 3.45. The summed E-state index contributed by atoms with van der Waals surface area (Å²) in [6, 6.07) is 18.4. The third kappa shape index (κ3) is 4.40. The van der Waals surface area contributed by atoms with Crippen molar-refractivity contribution in [2.75, 3.05) is 12.1 Å². The molecular formula is C25H21FN4O4. The lowest BCUT2D eigenvalue weighted by atomic mass is 10.2. The van der Waals surface area contributed by atoms with E-state index in [1.54, 1.807) is 59.3 Å². The largest absolute Gasteiger partial charge is 0.460 e. The van der Waals surface area contributed by atoms with Crippen LogP contribution in [0.2, 0.25) is 0 Å². The molecule has 0 saturated heterocycles. The Morgan fingerprint density at radius 2 is 1.76 bits per heavy atom. The van der Waals surface area contributed by atoms with Gasteiger partial charge in [0.1, 0.15) is 5.82 Å². The number of benzene rings is 3. The molecule has 0 aliphatic carbocycles. The van der Waals surface area contributed by atoms with Crippen LogP contribution in [0.1, 0.15) is 24.2 Å². The van der Waals surface area contributed by atoms with Crippen LogP contribution in [0.15, 0.2) is 66.7 Å². The highest BCUT2D eigenvalue weighted by molar-refractivity contribution is 6.04. The summed E-state index contributed by atoms with van der Waals surface area (Å²) in [5.74, 6) is 1.06. The number of fused-ring (bicyclic) bond motifs is 1. The van der Waals surface area contributed by atoms with Gasteiger partial charge in [0.25, 0.3) is 5.91 Å². The van der Waals surface area contributed by atoms with Crippen LogP contribution in [0.3, 0.4) is 0 Å². The average Bonchev–Trinajstić information content (AvgIpc) is 3.46. The van der Waals surface area contributed by atoms with Gasteiger partial charge in [-0.2, -0.15) is 4.98 Å². The molecule has 0 bridgehead atoms. The number of ether oxygens (including phenoxy) is 3. The predicted molar refractivity (Wildman–Crippen MR) is 123 cm³/mol. The van der Waals surface area contributed by atoms with Gasteiger partial charge in [-0.3, -0.25) is 4.79 Å². The van der Waals surface area contributed by atoms with Crippen molar-refractivity contribution in [3.05, 3.63) is 78.1 Å². The van der Waals surface area contributed by atoms with E-state index < -0.39 is 0 Å². The molecule has 0 radical (unpaired) electrons. The number of carbonyl (C=O) groups is 1. The van der Waals surface area contributed by atoms with Gasteiger partial charge in [0.2, 0.25) is 6.79 Å². The summed E-state index contributed by atoms with van der Waals surface area (Å²) < 4.78 is 31.3. The van der Waals surface area contributed by atoms with Gasteiger partial charge in [-0.15, -0.1) is 5.10 Å². The third-order valence-corrected chi connectivity index (χ3v) is 5.04. The third-order valence-electron chi connectivity index (χ3n) is 5.04. The molecule has 3 aromatic carbocycles. The van der Waals surface area contributed by atoms with Crippen molar-refractivity contribution in [3.63, 3.8) is 0 Å². The maximum absolute atomic E-state index is 13.4. The number of aromatic nitrogens is 3. The van der Waals surface area contributed by atoms with Crippen LogP contribution < -0.4 is 19.5 Å². The molecule has 172 valence electrons. The van der Waals surface area contributed by atoms with Crippen molar-refractivity contribution in [3.8, 4) is 34.6 Å². The second kappa shape index (κ2) is 8.86. The lowest BCUT2D eigenvalue weighted by Gasteiger charge is -2.09. The van der Waals surface area contributed by atoms with Gasteiger partial charge in [0.05, 0.1) is 11.8 Å². The summed E-state index contributed by atoms with van der Waals surface area (Å²) in [7, 11) is 0. The Balaban J connectivity index is 1.39. The van der Waals surface area contributed by atoms with E-state index in [4.69, 9.17) is 14.2 Å². The fourth-order valence-electron chi connectivity index (χ4n) is 3.45. The molecule has 8 nitrogen and oxygen atoms in total. The van der Waals surface area contributed by atoms with Crippen molar-refractivity contribution in [1.29, 1.82) is 0 Å². The number of amides is 1. The van der Waals surface area contributed by atoms with E-state index >= 15 is 0 Å². The smallest absolute Gasteiger partial charge is 0.336 e. The summed E-state index contributed by atoms with van der Waals surface area (Å²) in [6.07, 6.45) is -0.106. The number of rotatable bonds is 6. The molecule has 1 N–H and O–H groups in total. The molecule has 1 aliphatic rings. The van der Waals surface area contributed by atoms with E-state index in [0.29, 0.717) is 39.8 Å². The van der Waals surface area contributed by atoms with Crippen molar-refractivity contribution in [2.45, 2.75) is 20.0 Å². The van der Waals surface area contributed by atoms with Gasteiger partial charge in [0, 0.05) is 16.8 Å². The van der Waals surface area contributed by atoms with E-state index in [-0.39, 0.29) is 30.6 Å². The number of nitrogens with one attached hydrogen (secondary N) is 1. The van der Waals surface area contributed by atoms with Gasteiger partial charge in [-0.05, 0) is 80.6 Å². The molecule has 2 heterocycles. The molecule has 1 amide bonds. The summed E-state index contributed by atoms with van der Waals surface area (Å²) >= 11 is 0. The summed E-state index contributed by atoms with van der Waals surface area (Å²) in [4.78, 5) is 17.1. The van der Waals surface area contributed by atoms with Crippen LogP contribution >= 0.6 is 0 Å². The highest BCUT2D eigenvalue weighted by Gasteiger charge is 2.18. The summed E-state index contributed by atoms with van der Waals surface area (Å²) in [6.45, 7) is 3.92. The molecule has 1 aromatic heterocycles. The molecule has 0 atom stereocenters. The maximum atomic E-state index is 13.4. The highest BCUT2D eigenvalue weighted by atomic mass is 19.1. The topological polar surface area (TPSA) is 87.5 Å². The molecule has 0 unspecified atom stereocenters. The SMILES string of the molecule is CC(C)Oc1nc(-c2ccc(F)cc2)n(-c2ccc(NC(=O)c3ccc4c(c3)OCO4)cc2)n1. The first-order valence-electron chi connectivity index (χ1n) is 10.7. The Morgan fingerprint density at radius 3 is 2.50 bits per heavy atom.